The third kappa shape index (κ3) is 1.65. The van der Waals surface area contributed by atoms with Crippen molar-refractivity contribution in [2.75, 3.05) is 19.7 Å². The molecule has 1 heterocycles. The highest BCUT2D eigenvalue weighted by Crippen LogP contribution is 2.54. The van der Waals surface area contributed by atoms with Crippen molar-refractivity contribution in [1.82, 2.24) is 5.32 Å². The highest BCUT2D eigenvalue weighted by Gasteiger charge is 2.56. The maximum Gasteiger partial charge on any atom is 0.312 e. The van der Waals surface area contributed by atoms with Crippen LogP contribution in [0.25, 0.3) is 0 Å². The minimum absolute atomic E-state index is 0.0497. The van der Waals surface area contributed by atoms with E-state index in [4.69, 9.17) is 4.74 Å². The highest BCUT2D eigenvalue weighted by atomic mass is 16.5. The number of carbonyl (C=O) groups excluding carboxylic acids is 1. The quantitative estimate of drug-likeness (QED) is 0.694. The lowest BCUT2D eigenvalue weighted by molar-refractivity contribution is -0.152. The first kappa shape index (κ1) is 9.97. The van der Waals surface area contributed by atoms with Crippen LogP contribution in [0, 0.1) is 11.3 Å². The van der Waals surface area contributed by atoms with E-state index in [1.165, 1.54) is 12.8 Å². The van der Waals surface area contributed by atoms with Gasteiger partial charge < -0.3 is 10.1 Å². The van der Waals surface area contributed by atoms with Crippen molar-refractivity contribution in [1.29, 1.82) is 0 Å². The van der Waals surface area contributed by atoms with Crippen LogP contribution >= 0.6 is 0 Å². The van der Waals surface area contributed by atoms with Crippen molar-refractivity contribution >= 4 is 5.97 Å². The first-order valence-electron chi connectivity index (χ1n) is 5.67. The van der Waals surface area contributed by atoms with Crippen LogP contribution in [0.5, 0.6) is 0 Å². The summed E-state index contributed by atoms with van der Waals surface area (Å²) in [6.07, 6.45) is 4.47. The largest absolute Gasteiger partial charge is 0.466 e. The third-order valence-corrected chi connectivity index (χ3v) is 3.55. The second kappa shape index (κ2) is 3.89. The summed E-state index contributed by atoms with van der Waals surface area (Å²) in [7, 11) is 0. The molecule has 1 unspecified atom stereocenters. The minimum Gasteiger partial charge on any atom is -0.466 e. The number of ether oxygens (including phenoxy) is 1. The standard InChI is InChI=1S/C11H19NO2/c1-2-14-10(13)11(5-6-11)9-4-3-7-12-8-9/h9,12H,2-8H2,1H3. The van der Waals surface area contributed by atoms with E-state index in [-0.39, 0.29) is 11.4 Å². The summed E-state index contributed by atoms with van der Waals surface area (Å²) in [6.45, 7) is 4.50. The summed E-state index contributed by atoms with van der Waals surface area (Å²) in [5.74, 6) is 0.573. The molecule has 1 aliphatic heterocycles. The Morgan fingerprint density at radius 2 is 2.36 bits per heavy atom. The minimum atomic E-state index is -0.0938. The molecule has 3 nitrogen and oxygen atoms in total. The summed E-state index contributed by atoms with van der Waals surface area (Å²) in [5, 5.41) is 3.37. The Bertz CT molecular complexity index is 217. The maximum absolute atomic E-state index is 11.8. The number of rotatable bonds is 3. The smallest absolute Gasteiger partial charge is 0.312 e. The van der Waals surface area contributed by atoms with E-state index in [1.54, 1.807) is 0 Å². The van der Waals surface area contributed by atoms with Crippen molar-refractivity contribution in [2.45, 2.75) is 32.6 Å². The summed E-state index contributed by atoms with van der Waals surface area (Å²) in [5.41, 5.74) is -0.0938. The highest BCUT2D eigenvalue weighted by molar-refractivity contribution is 5.80. The van der Waals surface area contributed by atoms with Gasteiger partial charge in [-0.25, -0.2) is 0 Å². The van der Waals surface area contributed by atoms with Crippen LogP contribution in [0.4, 0.5) is 0 Å². The summed E-state index contributed by atoms with van der Waals surface area (Å²) in [6, 6.07) is 0. The van der Waals surface area contributed by atoms with Crippen LogP contribution < -0.4 is 5.32 Å². The van der Waals surface area contributed by atoms with Gasteiger partial charge in [0.25, 0.3) is 0 Å². The van der Waals surface area contributed by atoms with E-state index in [2.05, 4.69) is 5.32 Å². The van der Waals surface area contributed by atoms with Crippen LogP contribution in [0.2, 0.25) is 0 Å². The molecule has 2 aliphatic rings. The lowest BCUT2D eigenvalue weighted by Gasteiger charge is -2.29. The number of hydrogen-bond donors (Lipinski definition) is 1. The average Bonchev–Trinajstić information content (AvgIpc) is 3.00. The number of nitrogens with one attached hydrogen (secondary N) is 1. The van der Waals surface area contributed by atoms with E-state index >= 15 is 0 Å². The van der Waals surface area contributed by atoms with E-state index in [1.807, 2.05) is 6.92 Å². The van der Waals surface area contributed by atoms with Gasteiger partial charge in [-0.2, -0.15) is 0 Å². The lowest BCUT2D eigenvalue weighted by atomic mass is 9.83. The molecule has 3 heteroatoms. The van der Waals surface area contributed by atoms with E-state index in [0.717, 1.165) is 25.9 Å². The van der Waals surface area contributed by atoms with Crippen LogP contribution in [0.15, 0.2) is 0 Å². The number of hydrogen-bond acceptors (Lipinski definition) is 3. The maximum atomic E-state index is 11.8. The molecule has 1 atom stereocenters. The van der Waals surface area contributed by atoms with Gasteiger partial charge in [0.1, 0.15) is 0 Å². The number of carbonyl (C=O) groups is 1. The Morgan fingerprint density at radius 3 is 2.86 bits per heavy atom. The first-order chi connectivity index (χ1) is 6.79. The normalized spacial score (nSPS) is 29.6. The predicted molar refractivity (Wildman–Crippen MR) is 53.9 cm³/mol. The number of piperidine rings is 1. The van der Waals surface area contributed by atoms with Gasteiger partial charge in [-0.1, -0.05) is 0 Å². The molecule has 1 aliphatic carbocycles. The molecule has 0 radical (unpaired) electrons. The number of esters is 1. The summed E-state index contributed by atoms with van der Waals surface area (Å²) >= 11 is 0. The van der Waals surface area contributed by atoms with Crippen LogP contribution in [0.3, 0.4) is 0 Å². The molecule has 0 aromatic carbocycles. The van der Waals surface area contributed by atoms with Gasteiger partial charge in [-0.05, 0) is 51.6 Å². The van der Waals surface area contributed by atoms with Gasteiger partial charge in [0.15, 0.2) is 0 Å². The zero-order valence-corrected chi connectivity index (χ0v) is 8.84. The Morgan fingerprint density at radius 1 is 1.57 bits per heavy atom. The van der Waals surface area contributed by atoms with Crippen LogP contribution in [0.1, 0.15) is 32.6 Å². The van der Waals surface area contributed by atoms with Gasteiger partial charge in [0, 0.05) is 0 Å². The Balaban J connectivity index is 1.96. The molecule has 0 aromatic heterocycles. The molecule has 0 aromatic rings. The van der Waals surface area contributed by atoms with E-state index in [0.29, 0.717) is 12.5 Å². The Kier molecular flexibility index (Phi) is 2.77. The average molecular weight is 197 g/mol. The predicted octanol–water partition coefficient (Wildman–Crippen LogP) is 1.33. The Hall–Kier alpha value is -0.570. The van der Waals surface area contributed by atoms with E-state index in [9.17, 15) is 4.79 Å². The molecule has 1 saturated carbocycles. The molecule has 2 fully saturated rings. The van der Waals surface area contributed by atoms with Crippen molar-refractivity contribution < 1.29 is 9.53 Å². The van der Waals surface area contributed by atoms with Gasteiger partial charge in [-0.3, -0.25) is 4.79 Å². The Labute approximate surface area is 85.2 Å². The molecular formula is C11H19NO2. The van der Waals surface area contributed by atoms with Crippen molar-refractivity contribution in [3.8, 4) is 0 Å². The molecule has 80 valence electrons. The zero-order valence-electron chi connectivity index (χ0n) is 8.84. The van der Waals surface area contributed by atoms with Gasteiger partial charge >= 0.3 is 5.97 Å². The van der Waals surface area contributed by atoms with Crippen LogP contribution in [-0.2, 0) is 9.53 Å². The summed E-state index contributed by atoms with van der Waals surface area (Å²) in [4.78, 5) is 11.8. The summed E-state index contributed by atoms with van der Waals surface area (Å²) < 4.78 is 5.16. The van der Waals surface area contributed by atoms with Crippen molar-refractivity contribution in [3.63, 3.8) is 0 Å². The fourth-order valence-electron chi connectivity index (χ4n) is 2.51. The second-order valence-electron chi connectivity index (χ2n) is 4.42. The monoisotopic (exact) mass is 197 g/mol. The molecule has 0 bridgehead atoms. The molecular weight excluding hydrogens is 178 g/mol. The van der Waals surface area contributed by atoms with Crippen LogP contribution in [-0.4, -0.2) is 25.7 Å². The molecule has 2 rings (SSSR count). The zero-order chi connectivity index (χ0) is 10.0. The fourth-order valence-corrected chi connectivity index (χ4v) is 2.51. The molecule has 14 heavy (non-hydrogen) atoms. The van der Waals surface area contributed by atoms with Crippen molar-refractivity contribution in [3.05, 3.63) is 0 Å². The molecule has 1 saturated heterocycles. The van der Waals surface area contributed by atoms with E-state index < -0.39 is 0 Å². The fraction of sp³-hybridized carbons (Fsp3) is 0.909. The van der Waals surface area contributed by atoms with Crippen molar-refractivity contribution in [2.24, 2.45) is 11.3 Å². The SMILES string of the molecule is CCOC(=O)C1(C2CCCNC2)CC1. The topological polar surface area (TPSA) is 38.3 Å². The van der Waals surface area contributed by atoms with Gasteiger partial charge in [-0.15, -0.1) is 0 Å². The van der Waals surface area contributed by atoms with Gasteiger partial charge in [0.2, 0.25) is 0 Å². The molecule has 0 spiro atoms. The second-order valence-corrected chi connectivity index (χ2v) is 4.42. The lowest BCUT2D eigenvalue weighted by Crippen LogP contribution is -2.39. The molecule has 1 N–H and O–H groups in total. The van der Waals surface area contributed by atoms with Gasteiger partial charge in [0.05, 0.1) is 12.0 Å². The third-order valence-electron chi connectivity index (χ3n) is 3.55. The first-order valence-corrected chi connectivity index (χ1v) is 5.67. The molecule has 0 amide bonds.